The number of nitrogens with one attached hydrogen (secondary N) is 1. The van der Waals surface area contributed by atoms with Crippen LogP contribution in [-0.4, -0.2) is 29.6 Å². The molecule has 7 heteroatoms. The molecule has 0 saturated carbocycles. The predicted molar refractivity (Wildman–Crippen MR) is 86.8 cm³/mol. The van der Waals surface area contributed by atoms with Gasteiger partial charge in [-0.25, -0.2) is 4.98 Å². The smallest absolute Gasteiger partial charge is 0.202 e. The van der Waals surface area contributed by atoms with Gasteiger partial charge >= 0.3 is 0 Å². The van der Waals surface area contributed by atoms with Gasteiger partial charge in [0, 0.05) is 41.1 Å². The van der Waals surface area contributed by atoms with Gasteiger partial charge in [0.2, 0.25) is 5.13 Å². The fraction of sp³-hybridized carbons (Fsp3) is 0.385. The Morgan fingerprint density at radius 3 is 3.05 bits per heavy atom. The fourth-order valence-corrected chi connectivity index (χ4v) is 2.94. The second-order valence-electron chi connectivity index (χ2n) is 4.17. The molecule has 0 radical (unpaired) electrons. The van der Waals surface area contributed by atoms with Crippen molar-refractivity contribution >= 4 is 44.2 Å². The predicted octanol–water partition coefficient (Wildman–Crippen LogP) is 3.80. The lowest BCUT2D eigenvalue weighted by Crippen LogP contribution is -2.05. The summed E-state index contributed by atoms with van der Waals surface area (Å²) >= 11 is 10.9. The quantitative estimate of drug-likeness (QED) is 0.798. The Kier molecular flexibility index (Phi) is 6.22. The standard InChI is InChI=1S/C13H15BrClN3OS/c1-19-7-5-12-17-13(20-18-12)16-6-4-9-8-10(15)2-3-11(9)14/h2-3,8H,4-7H2,1H3,(H,16,17,18). The van der Waals surface area contributed by atoms with Crippen molar-refractivity contribution in [3.8, 4) is 0 Å². The molecule has 1 heterocycles. The van der Waals surface area contributed by atoms with E-state index < -0.39 is 0 Å². The third-order valence-corrected chi connectivity index (χ3v) is 4.40. The van der Waals surface area contributed by atoms with Crippen LogP contribution in [0.3, 0.4) is 0 Å². The Labute approximate surface area is 135 Å². The van der Waals surface area contributed by atoms with Crippen LogP contribution in [0.15, 0.2) is 22.7 Å². The summed E-state index contributed by atoms with van der Waals surface area (Å²) in [6.45, 7) is 1.43. The van der Waals surface area contributed by atoms with Crippen molar-refractivity contribution in [1.82, 2.24) is 9.36 Å². The third kappa shape index (κ3) is 4.70. The molecule has 0 aliphatic heterocycles. The molecule has 2 aromatic rings. The largest absolute Gasteiger partial charge is 0.384 e. The van der Waals surface area contributed by atoms with Gasteiger partial charge in [-0.15, -0.1) is 0 Å². The van der Waals surface area contributed by atoms with Gasteiger partial charge in [-0.3, -0.25) is 0 Å². The first-order chi connectivity index (χ1) is 9.69. The lowest BCUT2D eigenvalue weighted by atomic mass is 10.1. The minimum Gasteiger partial charge on any atom is -0.384 e. The van der Waals surface area contributed by atoms with Gasteiger partial charge in [-0.05, 0) is 30.2 Å². The van der Waals surface area contributed by atoms with Gasteiger partial charge in [0.05, 0.1) is 6.61 Å². The van der Waals surface area contributed by atoms with E-state index in [1.165, 1.54) is 17.1 Å². The van der Waals surface area contributed by atoms with Gasteiger partial charge in [0.15, 0.2) is 0 Å². The number of methoxy groups -OCH3 is 1. The van der Waals surface area contributed by atoms with E-state index in [4.69, 9.17) is 16.3 Å². The molecule has 108 valence electrons. The van der Waals surface area contributed by atoms with Crippen LogP contribution in [0.1, 0.15) is 11.4 Å². The highest BCUT2D eigenvalue weighted by Crippen LogP contribution is 2.21. The number of ether oxygens (including phenoxy) is 1. The van der Waals surface area contributed by atoms with E-state index >= 15 is 0 Å². The summed E-state index contributed by atoms with van der Waals surface area (Å²) in [5, 5.41) is 4.87. The van der Waals surface area contributed by atoms with Crippen LogP contribution >= 0.6 is 39.1 Å². The van der Waals surface area contributed by atoms with Crippen LogP contribution in [0.5, 0.6) is 0 Å². The first kappa shape index (κ1) is 15.7. The van der Waals surface area contributed by atoms with E-state index in [1.807, 2.05) is 18.2 Å². The number of nitrogens with zero attached hydrogens (tertiary/aromatic N) is 2. The fourth-order valence-electron chi connectivity index (χ4n) is 1.66. The highest BCUT2D eigenvalue weighted by atomic mass is 79.9. The summed E-state index contributed by atoms with van der Waals surface area (Å²) in [6, 6.07) is 5.80. The molecular formula is C13H15BrClN3OS. The molecule has 1 aromatic heterocycles. The van der Waals surface area contributed by atoms with Gasteiger partial charge in [0.1, 0.15) is 5.82 Å². The van der Waals surface area contributed by atoms with Crippen LogP contribution in [0.25, 0.3) is 0 Å². The average molecular weight is 377 g/mol. The SMILES string of the molecule is COCCc1nsc(NCCc2cc(Cl)ccc2Br)n1. The van der Waals surface area contributed by atoms with E-state index in [0.717, 1.165) is 39.8 Å². The normalized spacial score (nSPS) is 10.8. The van der Waals surface area contributed by atoms with Gasteiger partial charge in [0.25, 0.3) is 0 Å². The molecule has 0 bridgehead atoms. The number of hydrogen-bond donors (Lipinski definition) is 1. The summed E-state index contributed by atoms with van der Waals surface area (Å²) in [6.07, 6.45) is 1.61. The minimum atomic E-state index is 0.644. The van der Waals surface area contributed by atoms with Gasteiger partial charge < -0.3 is 10.1 Å². The number of rotatable bonds is 7. The summed E-state index contributed by atoms with van der Waals surface area (Å²) < 4.78 is 10.3. The first-order valence-electron chi connectivity index (χ1n) is 6.18. The molecule has 0 amide bonds. The Hall–Kier alpha value is -0.690. The maximum Gasteiger partial charge on any atom is 0.202 e. The van der Waals surface area contributed by atoms with Gasteiger partial charge in [-0.1, -0.05) is 27.5 Å². The van der Waals surface area contributed by atoms with Crippen molar-refractivity contribution in [3.63, 3.8) is 0 Å². The summed E-state index contributed by atoms with van der Waals surface area (Å²) in [7, 11) is 1.67. The number of halogens is 2. The molecule has 20 heavy (non-hydrogen) atoms. The highest BCUT2D eigenvalue weighted by molar-refractivity contribution is 9.10. The van der Waals surface area contributed by atoms with E-state index in [0.29, 0.717) is 6.61 Å². The van der Waals surface area contributed by atoms with E-state index in [1.54, 1.807) is 7.11 Å². The van der Waals surface area contributed by atoms with Crippen LogP contribution < -0.4 is 5.32 Å². The number of hydrogen-bond acceptors (Lipinski definition) is 5. The lowest BCUT2D eigenvalue weighted by Gasteiger charge is -2.05. The molecule has 0 saturated heterocycles. The number of benzene rings is 1. The van der Waals surface area contributed by atoms with Crippen LogP contribution in [0, 0.1) is 0 Å². The Morgan fingerprint density at radius 2 is 2.25 bits per heavy atom. The maximum atomic E-state index is 5.99. The summed E-state index contributed by atoms with van der Waals surface area (Å²) in [5.41, 5.74) is 1.18. The Bertz CT molecular complexity index is 564. The van der Waals surface area contributed by atoms with E-state index in [-0.39, 0.29) is 0 Å². The first-order valence-corrected chi connectivity index (χ1v) is 8.13. The zero-order chi connectivity index (χ0) is 14.4. The van der Waals surface area contributed by atoms with Crippen molar-refractivity contribution in [2.24, 2.45) is 0 Å². The van der Waals surface area contributed by atoms with Crippen molar-refractivity contribution in [3.05, 3.63) is 39.1 Å². The summed E-state index contributed by atoms with van der Waals surface area (Å²) in [5.74, 6) is 0.822. The van der Waals surface area contributed by atoms with Crippen LogP contribution in [-0.2, 0) is 17.6 Å². The van der Waals surface area contributed by atoms with Crippen molar-refractivity contribution in [2.75, 3.05) is 25.6 Å². The molecule has 0 atom stereocenters. The molecule has 0 spiro atoms. The number of aromatic nitrogens is 2. The zero-order valence-corrected chi connectivity index (χ0v) is 14.2. The third-order valence-electron chi connectivity index (χ3n) is 2.68. The lowest BCUT2D eigenvalue weighted by molar-refractivity contribution is 0.201. The highest BCUT2D eigenvalue weighted by Gasteiger charge is 2.05. The molecule has 1 N–H and O–H groups in total. The van der Waals surface area contributed by atoms with Crippen LogP contribution in [0.2, 0.25) is 5.02 Å². The molecule has 0 aliphatic carbocycles. The maximum absolute atomic E-state index is 5.99. The number of anilines is 1. The molecule has 2 rings (SSSR count). The minimum absolute atomic E-state index is 0.644. The summed E-state index contributed by atoms with van der Waals surface area (Å²) in [4.78, 5) is 4.40. The monoisotopic (exact) mass is 375 g/mol. The van der Waals surface area contributed by atoms with Crippen molar-refractivity contribution < 1.29 is 4.74 Å². The second-order valence-corrected chi connectivity index (χ2v) is 6.21. The molecule has 0 aliphatic rings. The Balaban J connectivity index is 1.83. The average Bonchev–Trinajstić information content (AvgIpc) is 2.88. The van der Waals surface area contributed by atoms with Crippen molar-refractivity contribution in [2.45, 2.75) is 12.8 Å². The molecule has 4 nitrogen and oxygen atoms in total. The molecule has 0 fully saturated rings. The second kappa shape index (κ2) is 7.93. The Morgan fingerprint density at radius 1 is 1.40 bits per heavy atom. The van der Waals surface area contributed by atoms with E-state index in [2.05, 4.69) is 30.6 Å². The topological polar surface area (TPSA) is 47.0 Å². The van der Waals surface area contributed by atoms with Gasteiger partial charge in [-0.2, -0.15) is 4.37 Å². The van der Waals surface area contributed by atoms with E-state index in [9.17, 15) is 0 Å². The molecule has 0 unspecified atom stereocenters. The molecular weight excluding hydrogens is 362 g/mol. The molecule has 1 aromatic carbocycles. The van der Waals surface area contributed by atoms with Crippen LogP contribution in [0.4, 0.5) is 5.13 Å². The zero-order valence-electron chi connectivity index (χ0n) is 11.0. The van der Waals surface area contributed by atoms with Crippen molar-refractivity contribution in [1.29, 1.82) is 0 Å².